The zero-order valence-corrected chi connectivity index (χ0v) is 9.27. The Kier molecular flexibility index (Phi) is 2.19. The average Bonchev–Trinajstić information content (AvgIpc) is 2.84. The Morgan fingerprint density at radius 3 is 2.94 bits per heavy atom. The first-order chi connectivity index (χ1) is 8.66. The van der Waals surface area contributed by atoms with Gasteiger partial charge in [0.05, 0.1) is 5.39 Å². The lowest BCUT2D eigenvalue weighted by atomic mass is 10.1. The van der Waals surface area contributed by atoms with E-state index in [-0.39, 0.29) is 22.2 Å². The lowest BCUT2D eigenvalue weighted by Gasteiger charge is -2.03. The highest BCUT2D eigenvalue weighted by Gasteiger charge is 2.17. The number of halogens is 1. The number of hydrogen-bond donors (Lipinski definition) is 1. The number of nitrogens with one attached hydrogen (secondary N) is 1. The molecule has 0 saturated carbocycles. The minimum atomic E-state index is -0.502. The molecule has 1 aromatic carbocycles. The largest absolute Gasteiger partial charge is 0.460 e. The van der Waals surface area contributed by atoms with Crippen molar-refractivity contribution in [1.29, 1.82) is 0 Å². The molecule has 3 rings (SSSR count). The van der Waals surface area contributed by atoms with Crippen molar-refractivity contribution in [2.24, 2.45) is 0 Å². The van der Waals surface area contributed by atoms with Crippen LogP contribution in [0.25, 0.3) is 22.4 Å². The molecule has 2 heterocycles. The average molecular weight is 246 g/mol. The summed E-state index contributed by atoms with van der Waals surface area (Å²) in [6.07, 6.45) is 0. The molecule has 0 atom stereocenters. The van der Waals surface area contributed by atoms with E-state index in [0.717, 1.165) is 6.07 Å². The van der Waals surface area contributed by atoms with Crippen LogP contribution in [0.5, 0.6) is 0 Å². The molecule has 1 N–H and O–H groups in total. The minimum absolute atomic E-state index is 0.132. The van der Waals surface area contributed by atoms with Crippen LogP contribution in [-0.2, 0) is 0 Å². The van der Waals surface area contributed by atoms with Crippen molar-refractivity contribution in [3.63, 3.8) is 0 Å². The van der Waals surface area contributed by atoms with Gasteiger partial charge in [-0.2, -0.15) is 5.21 Å². The van der Waals surface area contributed by atoms with Gasteiger partial charge in [-0.05, 0) is 30.3 Å². The number of aromatic amines is 1. The quantitative estimate of drug-likeness (QED) is 0.701. The Hall–Kier alpha value is -2.57. The molecule has 90 valence electrons. The number of tetrazole rings is 1. The molecule has 0 aliphatic rings. The molecule has 0 unspecified atom stereocenters. The second-order valence-electron chi connectivity index (χ2n) is 3.74. The zero-order valence-electron chi connectivity index (χ0n) is 9.27. The predicted octanol–water partition coefficient (Wildman–Crippen LogP) is 1.42. The first kappa shape index (κ1) is 10.6. The van der Waals surface area contributed by atoms with E-state index >= 15 is 0 Å². The topological polar surface area (TPSA) is 84.7 Å². The van der Waals surface area contributed by atoms with Crippen LogP contribution in [0.2, 0.25) is 0 Å². The van der Waals surface area contributed by atoms with E-state index in [9.17, 15) is 9.18 Å². The van der Waals surface area contributed by atoms with E-state index in [1.165, 1.54) is 12.1 Å². The van der Waals surface area contributed by atoms with Crippen molar-refractivity contribution in [3.8, 4) is 11.4 Å². The number of nitrogens with zero attached hydrogens (tertiary/aromatic N) is 3. The molecule has 0 fully saturated rings. The lowest BCUT2D eigenvalue weighted by molar-refractivity contribution is 0.563. The number of H-pyrrole nitrogens is 1. The molecule has 0 saturated heterocycles. The first-order valence-electron chi connectivity index (χ1n) is 5.13. The van der Waals surface area contributed by atoms with Crippen LogP contribution in [0, 0.1) is 12.7 Å². The van der Waals surface area contributed by atoms with E-state index in [4.69, 9.17) is 4.42 Å². The number of aromatic nitrogens is 4. The van der Waals surface area contributed by atoms with Crippen LogP contribution in [0.1, 0.15) is 5.76 Å². The smallest absolute Gasteiger partial charge is 0.212 e. The number of fused-ring (bicyclic) bond motifs is 1. The maximum Gasteiger partial charge on any atom is 0.212 e. The van der Waals surface area contributed by atoms with Crippen LogP contribution in [0.3, 0.4) is 0 Å². The van der Waals surface area contributed by atoms with Crippen molar-refractivity contribution in [1.82, 2.24) is 20.6 Å². The van der Waals surface area contributed by atoms with Gasteiger partial charge in [-0.15, -0.1) is 10.2 Å². The monoisotopic (exact) mass is 246 g/mol. The third-order valence-corrected chi connectivity index (χ3v) is 2.60. The number of rotatable bonds is 1. The highest BCUT2D eigenvalue weighted by molar-refractivity contribution is 5.81. The molecule has 0 spiro atoms. The fourth-order valence-corrected chi connectivity index (χ4v) is 1.81. The summed E-state index contributed by atoms with van der Waals surface area (Å²) in [4.78, 5) is 12.3. The van der Waals surface area contributed by atoms with Gasteiger partial charge < -0.3 is 4.42 Å². The second-order valence-corrected chi connectivity index (χ2v) is 3.74. The summed E-state index contributed by atoms with van der Waals surface area (Å²) in [5.41, 5.74) is 0.127. The molecule has 2 aromatic heterocycles. The van der Waals surface area contributed by atoms with E-state index < -0.39 is 5.82 Å². The minimum Gasteiger partial charge on any atom is -0.460 e. The van der Waals surface area contributed by atoms with E-state index in [1.54, 1.807) is 6.92 Å². The van der Waals surface area contributed by atoms with Gasteiger partial charge in [-0.25, -0.2) is 4.39 Å². The Morgan fingerprint density at radius 2 is 2.22 bits per heavy atom. The Morgan fingerprint density at radius 1 is 1.39 bits per heavy atom. The maximum atomic E-state index is 13.2. The third-order valence-electron chi connectivity index (χ3n) is 2.60. The van der Waals surface area contributed by atoms with Gasteiger partial charge in [-0.3, -0.25) is 4.79 Å². The number of benzene rings is 1. The summed E-state index contributed by atoms with van der Waals surface area (Å²) in [7, 11) is 0. The van der Waals surface area contributed by atoms with Crippen LogP contribution in [0.4, 0.5) is 4.39 Å². The SMILES string of the molecule is Cc1oc2ccc(F)cc2c(=O)c1-c1nn[nH]n1. The van der Waals surface area contributed by atoms with Crippen molar-refractivity contribution >= 4 is 11.0 Å². The zero-order chi connectivity index (χ0) is 12.7. The van der Waals surface area contributed by atoms with Gasteiger partial charge in [0.2, 0.25) is 11.3 Å². The van der Waals surface area contributed by atoms with E-state index in [0.29, 0.717) is 11.3 Å². The van der Waals surface area contributed by atoms with Crippen molar-refractivity contribution < 1.29 is 8.81 Å². The van der Waals surface area contributed by atoms with Crippen molar-refractivity contribution in [3.05, 3.63) is 40.0 Å². The van der Waals surface area contributed by atoms with Crippen molar-refractivity contribution in [2.45, 2.75) is 6.92 Å². The fourth-order valence-electron chi connectivity index (χ4n) is 1.81. The molecule has 0 amide bonds. The van der Waals surface area contributed by atoms with Crippen LogP contribution >= 0.6 is 0 Å². The van der Waals surface area contributed by atoms with Gasteiger partial charge in [0, 0.05) is 0 Å². The molecule has 0 bridgehead atoms. The standard InChI is InChI=1S/C11H7FN4O2/c1-5-9(11-13-15-16-14-11)10(17)7-4-6(12)2-3-8(7)18-5/h2-4H,1H3,(H,13,14,15,16). The van der Waals surface area contributed by atoms with Gasteiger partial charge in [0.1, 0.15) is 22.7 Å². The van der Waals surface area contributed by atoms with Gasteiger partial charge in [0.15, 0.2) is 0 Å². The Labute approximate surface area is 99.4 Å². The molecule has 3 aromatic rings. The number of hydrogen-bond acceptors (Lipinski definition) is 5. The summed E-state index contributed by atoms with van der Waals surface area (Å²) in [6, 6.07) is 3.78. The molecule has 0 radical (unpaired) electrons. The molecule has 0 aliphatic carbocycles. The van der Waals surface area contributed by atoms with Gasteiger partial charge in [-0.1, -0.05) is 0 Å². The molecule has 18 heavy (non-hydrogen) atoms. The molecule has 6 nitrogen and oxygen atoms in total. The van der Waals surface area contributed by atoms with Crippen LogP contribution in [0.15, 0.2) is 27.4 Å². The molecular formula is C11H7FN4O2. The number of aryl methyl sites for hydroxylation is 1. The third kappa shape index (κ3) is 1.48. The fraction of sp³-hybridized carbons (Fsp3) is 0.0909. The van der Waals surface area contributed by atoms with E-state index in [1.807, 2.05) is 0 Å². The Bertz CT molecular complexity index is 780. The Balaban J connectivity index is 2.43. The summed E-state index contributed by atoms with van der Waals surface area (Å²) in [5, 5.41) is 13.3. The normalized spacial score (nSPS) is 11.0. The molecular weight excluding hydrogens is 239 g/mol. The van der Waals surface area contributed by atoms with Gasteiger partial charge >= 0.3 is 0 Å². The summed E-state index contributed by atoms with van der Waals surface area (Å²) in [6.45, 7) is 1.62. The van der Waals surface area contributed by atoms with Crippen molar-refractivity contribution in [2.75, 3.05) is 0 Å². The first-order valence-corrected chi connectivity index (χ1v) is 5.13. The summed E-state index contributed by atoms with van der Waals surface area (Å²) < 4.78 is 18.6. The maximum absolute atomic E-state index is 13.2. The lowest BCUT2D eigenvalue weighted by Crippen LogP contribution is -2.08. The molecule has 0 aliphatic heterocycles. The van der Waals surface area contributed by atoms with Gasteiger partial charge in [0.25, 0.3) is 0 Å². The summed E-state index contributed by atoms with van der Waals surface area (Å²) >= 11 is 0. The molecule has 7 heteroatoms. The van der Waals surface area contributed by atoms with E-state index in [2.05, 4.69) is 20.6 Å². The van der Waals surface area contributed by atoms with Crippen LogP contribution in [-0.4, -0.2) is 20.6 Å². The highest BCUT2D eigenvalue weighted by Crippen LogP contribution is 2.21. The summed E-state index contributed by atoms with van der Waals surface area (Å²) in [5.74, 6) is -0.00867. The second kappa shape index (κ2) is 3.73. The van der Waals surface area contributed by atoms with Crippen LogP contribution < -0.4 is 5.43 Å². The predicted molar refractivity (Wildman–Crippen MR) is 60.4 cm³/mol. The highest BCUT2D eigenvalue weighted by atomic mass is 19.1.